The quantitative estimate of drug-likeness (QED) is 0.203. The first-order valence-corrected chi connectivity index (χ1v) is 18.0. The Hall–Kier alpha value is -4.67. The molecular weight excluding hydrogens is 673 g/mol. The molecule has 0 aliphatic carbocycles. The Bertz CT molecular complexity index is 1730. The van der Waals surface area contributed by atoms with Gasteiger partial charge in [0.1, 0.15) is 12.1 Å². The number of nitrogen functional groups attached to an aromatic ring is 1. The second-order valence-corrected chi connectivity index (χ2v) is 15.1. The van der Waals surface area contributed by atoms with Gasteiger partial charge in [-0.15, -0.1) is 21.5 Å². The summed E-state index contributed by atoms with van der Waals surface area (Å²) in [5, 5.41) is 26.9. The van der Waals surface area contributed by atoms with Crippen LogP contribution >= 0.6 is 11.3 Å². The van der Waals surface area contributed by atoms with E-state index in [2.05, 4.69) is 31.1 Å². The van der Waals surface area contributed by atoms with Crippen molar-refractivity contribution in [3.63, 3.8) is 0 Å². The number of β-amino-alcohol motifs (C(OH)–C–C–N with tert-alkyl or cyclic N) is 1. The van der Waals surface area contributed by atoms with Crippen LogP contribution in [0.1, 0.15) is 61.9 Å². The molecule has 2 aromatic heterocycles. The minimum Gasteiger partial charge on any atom is -0.391 e. The van der Waals surface area contributed by atoms with Gasteiger partial charge in [-0.25, -0.2) is 4.98 Å². The van der Waals surface area contributed by atoms with Crippen LogP contribution in [0.4, 0.5) is 11.5 Å². The minimum atomic E-state index is -0.933. The number of carbonyl (C=O) groups is 4. The fraction of sp³-hybridized carbons (Fsp3) is 0.514. The molecule has 0 radical (unpaired) electrons. The van der Waals surface area contributed by atoms with Crippen LogP contribution in [0.25, 0.3) is 10.4 Å². The smallest absolute Gasteiger partial charge is 0.271 e. The highest BCUT2D eigenvalue weighted by atomic mass is 32.1. The topological polar surface area (TPSA) is 199 Å². The van der Waals surface area contributed by atoms with Crippen LogP contribution in [-0.2, 0) is 14.4 Å². The van der Waals surface area contributed by atoms with Crippen molar-refractivity contribution in [2.24, 2.45) is 5.41 Å². The zero-order valence-corrected chi connectivity index (χ0v) is 30.8. The molecule has 1 aromatic carbocycles. The number of nitrogens with zero attached hydrogens (tertiary/aromatic N) is 6. The van der Waals surface area contributed by atoms with Crippen molar-refractivity contribution < 1.29 is 24.3 Å². The molecule has 4 heterocycles. The Morgan fingerprint density at radius 1 is 1.06 bits per heavy atom. The molecule has 0 saturated carbocycles. The lowest BCUT2D eigenvalue weighted by Gasteiger charge is -2.38. The lowest BCUT2D eigenvalue weighted by Crippen LogP contribution is -2.59. The average molecular weight is 721 g/mol. The summed E-state index contributed by atoms with van der Waals surface area (Å²) in [5.74, 6) is -1.25. The van der Waals surface area contributed by atoms with Crippen LogP contribution in [0.3, 0.4) is 0 Å². The summed E-state index contributed by atoms with van der Waals surface area (Å²) in [6.07, 6.45) is -0.767. The summed E-state index contributed by atoms with van der Waals surface area (Å²) in [4.78, 5) is 63.9. The normalized spacial score (nSPS) is 19.4. The number of rotatable bonds is 10. The molecule has 2 fully saturated rings. The molecule has 274 valence electrons. The van der Waals surface area contributed by atoms with Gasteiger partial charge in [0.25, 0.3) is 5.91 Å². The first-order chi connectivity index (χ1) is 24.2. The molecule has 2 aliphatic rings. The highest BCUT2D eigenvalue weighted by Crippen LogP contribution is 2.30. The van der Waals surface area contributed by atoms with E-state index in [9.17, 15) is 24.3 Å². The molecule has 4 amide bonds. The van der Waals surface area contributed by atoms with E-state index >= 15 is 0 Å². The number of nitrogens with two attached hydrogens (primary N) is 1. The van der Waals surface area contributed by atoms with E-state index in [0.29, 0.717) is 31.9 Å². The Labute approximate surface area is 302 Å². The van der Waals surface area contributed by atoms with Crippen molar-refractivity contribution in [2.45, 2.75) is 65.3 Å². The SMILES string of the molecule is CNC(=O)c1cc(N2CCN(CC(=O)N[C@@H](C(=O)N3C[C@@H](O)C[C@@H]3C(=O)N[C@H](C)c3ccc(-c4scnc4C)cc3)C(C)(C)C)CC2)c(N)nn1. The lowest BCUT2D eigenvalue weighted by molar-refractivity contribution is -0.144. The van der Waals surface area contributed by atoms with Gasteiger partial charge in [-0.1, -0.05) is 45.0 Å². The van der Waals surface area contributed by atoms with E-state index in [1.54, 1.807) is 17.4 Å². The monoisotopic (exact) mass is 720 g/mol. The van der Waals surface area contributed by atoms with Gasteiger partial charge in [-0.3, -0.25) is 24.1 Å². The van der Waals surface area contributed by atoms with Gasteiger partial charge < -0.3 is 36.6 Å². The van der Waals surface area contributed by atoms with E-state index in [0.717, 1.165) is 21.7 Å². The van der Waals surface area contributed by atoms with E-state index in [1.807, 2.05) is 74.2 Å². The molecule has 5 rings (SSSR count). The number of hydrogen-bond acceptors (Lipinski definition) is 12. The van der Waals surface area contributed by atoms with Gasteiger partial charge in [-0.2, -0.15) is 0 Å². The first kappa shape index (κ1) is 37.6. The highest BCUT2D eigenvalue weighted by molar-refractivity contribution is 7.13. The van der Waals surface area contributed by atoms with Crippen LogP contribution in [0, 0.1) is 12.3 Å². The van der Waals surface area contributed by atoms with E-state index in [4.69, 9.17) is 5.73 Å². The van der Waals surface area contributed by atoms with Crippen LogP contribution in [0.5, 0.6) is 0 Å². The van der Waals surface area contributed by atoms with Crippen molar-refractivity contribution in [2.75, 3.05) is 56.9 Å². The number of anilines is 2. The van der Waals surface area contributed by atoms with Gasteiger partial charge in [0, 0.05) is 46.2 Å². The first-order valence-electron chi connectivity index (χ1n) is 17.1. The van der Waals surface area contributed by atoms with Gasteiger partial charge in [-0.05, 0) is 36.5 Å². The Morgan fingerprint density at radius 3 is 2.35 bits per heavy atom. The number of amides is 4. The number of aliphatic hydroxyl groups is 1. The van der Waals surface area contributed by atoms with E-state index in [-0.39, 0.29) is 54.8 Å². The molecule has 51 heavy (non-hydrogen) atoms. The summed E-state index contributed by atoms with van der Waals surface area (Å²) >= 11 is 1.57. The van der Waals surface area contributed by atoms with Crippen LogP contribution in [-0.4, -0.2) is 118 Å². The van der Waals surface area contributed by atoms with Crippen molar-refractivity contribution in [3.05, 3.63) is 52.8 Å². The summed E-state index contributed by atoms with van der Waals surface area (Å²) in [6.45, 7) is 11.6. The van der Waals surface area contributed by atoms with Crippen LogP contribution in [0.15, 0.2) is 35.8 Å². The zero-order valence-electron chi connectivity index (χ0n) is 30.0. The molecular formula is C35H48N10O5S. The molecule has 2 aliphatic heterocycles. The molecule has 6 N–H and O–H groups in total. The van der Waals surface area contributed by atoms with Crippen molar-refractivity contribution in [1.29, 1.82) is 0 Å². The molecule has 4 atom stereocenters. The van der Waals surface area contributed by atoms with Gasteiger partial charge in [0.15, 0.2) is 11.5 Å². The maximum atomic E-state index is 14.1. The number of aromatic nitrogens is 3. The molecule has 3 aromatic rings. The van der Waals surface area contributed by atoms with E-state index < -0.39 is 29.5 Å². The number of nitrogens with one attached hydrogen (secondary N) is 3. The maximum Gasteiger partial charge on any atom is 0.271 e. The third kappa shape index (κ3) is 8.80. The van der Waals surface area contributed by atoms with Gasteiger partial charge in [0.2, 0.25) is 17.7 Å². The Balaban J connectivity index is 1.19. The third-order valence-corrected chi connectivity index (χ3v) is 10.4. The third-order valence-electron chi connectivity index (χ3n) is 9.40. The van der Waals surface area contributed by atoms with Crippen LogP contribution < -0.4 is 26.6 Å². The van der Waals surface area contributed by atoms with Crippen molar-refractivity contribution in [1.82, 2.24) is 40.9 Å². The number of carbonyl (C=O) groups excluding carboxylic acids is 4. The lowest BCUT2D eigenvalue weighted by atomic mass is 9.85. The van der Waals surface area contributed by atoms with Crippen molar-refractivity contribution in [3.8, 4) is 10.4 Å². The highest BCUT2D eigenvalue weighted by Gasteiger charge is 2.45. The fourth-order valence-electron chi connectivity index (χ4n) is 6.46. The van der Waals surface area contributed by atoms with Crippen LogP contribution in [0.2, 0.25) is 0 Å². The second kappa shape index (κ2) is 15.7. The molecule has 2 saturated heterocycles. The minimum absolute atomic E-state index is 0.00671. The second-order valence-electron chi connectivity index (χ2n) is 14.2. The molecule has 0 unspecified atom stereocenters. The zero-order chi connectivity index (χ0) is 37.0. The Morgan fingerprint density at radius 2 is 1.75 bits per heavy atom. The number of piperazine rings is 1. The number of aryl methyl sites for hydroxylation is 1. The average Bonchev–Trinajstić information content (AvgIpc) is 3.72. The Kier molecular flexibility index (Phi) is 11.6. The largest absolute Gasteiger partial charge is 0.391 e. The molecule has 0 spiro atoms. The summed E-state index contributed by atoms with van der Waals surface area (Å²) in [5.41, 5.74) is 10.9. The predicted octanol–water partition coefficient (Wildman–Crippen LogP) is 1.34. The van der Waals surface area contributed by atoms with Gasteiger partial charge >= 0.3 is 0 Å². The number of aliphatic hydroxyl groups excluding tert-OH is 1. The maximum absolute atomic E-state index is 14.1. The fourth-order valence-corrected chi connectivity index (χ4v) is 7.27. The summed E-state index contributed by atoms with van der Waals surface area (Å²) in [6, 6.07) is 7.38. The number of thiazole rings is 1. The number of hydrogen-bond donors (Lipinski definition) is 5. The van der Waals surface area contributed by atoms with E-state index in [1.165, 1.54) is 11.9 Å². The number of likely N-dealkylation sites (tertiary alicyclic amines) is 1. The predicted molar refractivity (Wildman–Crippen MR) is 195 cm³/mol. The molecule has 0 bridgehead atoms. The van der Waals surface area contributed by atoms with Crippen molar-refractivity contribution >= 4 is 46.5 Å². The molecule has 15 nitrogen and oxygen atoms in total. The molecule has 16 heteroatoms. The standard InChI is InChI=1S/C35H48N10O5S/c1-20(22-7-9-23(10-8-22)29-21(2)38-19-51-29)39-33(49)27-15-24(46)17-45(27)34(50)30(35(3,4)5)40-28(47)18-43-11-13-44(14-12-43)26-16-25(32(48)37-6)41-42-31(26)36/h7-10,16,19-20,24,27,30,46H,11-15,17-18H2,1-6H3,(H2,36,42)(H,37,48)(H,39,49)(H,40,47)/t20-,24+,27-,30+/m1/s1. The van der Waals surface area contributed by atoms with Gasteiger partial charge in [0.05, 0.1) is 40.5 Å². The number of benzene rings is 1. The summed E-state index contributed by atoms with van der Waals surface area (Å²) in [7, 11) is 1.51. The summed E-state index contributed by atoms with van der Waals surface area (Å²) < 4.78 is 0.